The number of aliphatic imine (C=N–C) groups is 1. The minimum absolute atomic E-state index is 0. The molecule has 29 heavy (non-hydrogen) atoms. The van der Waals surface area contributed by atoms with Gasteiger partial charge in [-0.25, -0.2) is 9.98 Å². The lowest BCUT2D eigenvalue weighted by Crippen LogP contribution is -2.37. The maximum absolute atomic E-state index is 6.10. The number of aromatic nitrogens is 1. The molecule has 9 heteroatoms. The Hall–Kier alpha value is -2.27. The number of fused-ring (bicyclic) bond motifs is 1. The number of hydrogen-bond donors (Lipinski definition) is 2. The van der Waals surface area contributed by atoms with E-state index in [-0.39, 0.29) is 24.0 Å². The molecule has 8 nitrogen and oxygen atoms in total. The molecule has 1 fully saturated rings. The second-order valence-electron chi connectivity index (χ2n) is 6.62. The summed E-state index contributed by atoms with van der Waals surface area (Å²) in [7, 11) is 0. The Morgan fingerprint density at radius 1 is 1.10 bits per heavy atom. The van der Waals surface area contributed by atoms with E-state index < -0.39 is 0 Å². The average molecular weight is 511 g/mol. The second kappa shape index (κ2) is 10.5. The van der Waals surface area contributed by atoms with E-state index in [1.807, 2.05) is 30.3 Å². The number of benzene rings is 1. The van der Waals surface area contributed by atoms with Crippen molar-refractivity contribution in [3.05, 3.63) is 42.1 Å². The molecule has 1 aromatic carbocycles. The van der Waals surface area contributed by atoms with Crippen molar-refractivity contribution in [2.75, 3.05) is 49.7 Å². The summed E-state index contributed by atoms with van der Waals surface area (Å²) in [4.78, 5) is 11.2. The van der Waals surface area contributed by atoms with Crippen LogP contribution in [0.2, 0.25) is 0 Å². The van der Waals surface area contributed by atoms with Crippen LogP contribution in [0.3, 0.4) is 0 Å². The number of ether oxygens (including phenoxy) is 3. The molecule has 0 radical (unpaired) electrons. The van der Waals surface area contributed by atoms with Gasteiger partial charge < -0.3 is 30.2 Å². The normalized spacial score (nSPS) is 16.6. The van der Waals surface area contributed by atoms with Gasteiger partial charge in [-0.2, -0.15) is 0 Å². The molecule has 1 aromatic heterocycles. The lowest BCUT2D eigenvalue weighted by molar-refractivity contribution is 0.122. The Kier molecular flexibility index (Phi) is 7.76. The quantitative estimate of drug-likeness (QED) is 0.371. The highest BCUT2D eigenvalue weighted by atomic mass is 127. The third-order valence-electron chi connectivity index (χ3n) is 4.62. The summed E-state index contributed by atoms with van der Waals surface area (Å²) in [6, 6.07) is 9.61. The Balaban J connectivity index is 0.00000240. The first-order valence-electron chi connectivity index (χ1n) is 9.53. The van der Waals surface area contributed by atoms with E-state index in [1.54, 1.807) is 6.20 Å². The van der Waals surface area contributed by atoms with Crippen LogP contribution in [-0.2, 0) is 11.3 Å². The van der Waals surface area contributed by atoms with Crippen molar-refractivity contribution >= 4 is 41.4 Å². The van der Waals surface area contributed by atoms with E-state index in [2.05, 4.69) is 20.2 Å². The van der Waals surface area contributed by atoms with Gasteiger partial charge in [0.25, 0.3) is 0 Å². The van der Waals surface area contributed by atoms with Crippen molar-refractivity contribution in [2.45, 2.75) is 13.0 Å². The summed E-state index contributed by atoms with van der Waals surface area (Å²) in [6.07, 6.45) is 2.68. The van der Waals surface area contributed by atoms with Crippen LogP contribution in [0.4, 0.5) is 11.5 Å². The molecule has 156 valence electrons. The third kappa shape index (κ3) is 5.63. The number of halogens is 1. The van der Waals surface area contributed by atoms with Gasteiger partial charge in [0.2, 0.25) is 0 Å². The van der Waals surface area contributed by atoms with Crippen LogP contribution in [0.25, 0.3) is 0 Å². The molecular formula is C20H26IN5O3. The smallest absolute Gasteiger partial charge is 0.193 e. The molecular weight excluding hydrogens is 485 g/mol. The fourth-order valence-corrected chi connectivity index (χ4v) is 3.21. The van der Waals surface area contributed by atoms with Gasteiger partial charge >= 0.3 is 0 Å². The monoisotopic (exact) mass is 511 g/mol. The van der Waals surface area contributed by atoms with Crippen molar-refractivity contribution < 1.29 is 14.2 Å². The van der Waals surface area contributed by atoms with E-state index in [1.165, 1.54) is 0 Å². The number of guanidine groups is 1. The fourth-order valence-electron chi connectivity index (χ4n) is 3.21. The minimum Gasteiger partial charge on any atom is -0.490 e. The molecule has 1 saturated heterocycles. The van der Waals surface area contributed by atoms with E-state index in [4.69, 9.17) is 19.9 Å². The Morgan fingerprint density at radius 2 is 1.90 bits per heavy atom. The maximum Gasteiger partial charge on any atom is 0.193 e. The third-order valence-corrected chi connectivity index (χ3v) is 4.62. The highest BCUT2D eigenvalue weighted by molar-refractivity contribution is 14.0. The van der Waals surface area contributed by atoms with Crippen molar-refractivity contribution in [2.24, 2.45) is 10.7 Å². The van der Waals surface area contributed by atoms with Crippen LogP contribution in [0, 0.1) is 0 Å². The molecule has 0 atom stereocenters. The SMILES string of the molecule is I.NC(=NCc1cccnc1N1CCOCC1)Nc1ccc2c(c1)OCCCO2. The average Bonchev–Trinajstić information content (AvgIpc) is 2.98. The number of morpholine rings is 1. The lowest BCUT2D eigenvalue weighted by atomic mass is 10.2. The summed E-state index contributed by atoms with van der Waals surface area (Å²) >= 11 is 0. The van der Waals surface area contributed by atoms with Crippen LogP contribution in [0.15, 0.2) is 41.5 Å². The molecule has 3 heterocycles. The van der Waals surface area contributed by atoms with Crippen LogP contribution < -0.4 is 25.4 Å². The number of pyridine rings is 1. The van der Waals surface area contributed by atoms with Gasteiger partial charge in [0, 0.05) is 43.0 Å². The molecule has 0 saturated carbocycles. The van der Waals surface area contributed by atoms with E-state index in [0.717, 1.165) is 48.1 Å². The molecule has 0 unspecified atom stereocenters. The summed E-state index contributed by atoms with van der Waals surface area (Å²) in [5.74, 6) is 2.76. The number of nitrogens with two attached hydrogens (primary N) is 1. The molecule has 0 aliphatic carbocycles. The van der Waals surface area contributed by atoms with Gasteiger partial charge in [0.15, 0.2) is 17.5 Å². The largest absolute Gasteiger partial charge is 0.490 e. The van der Waals surface area contributed by atoms with Crippen LogP contribution in [0.1, 0.15) is 12.0 Å². The molecule has 2 aromatic rings. The predicted octanol–water partition coefficient (Wildman–Crippen LogP) is 2.62. The minimum atomic E-state index is 0. The maximum atomic E-state index is 6.10. The number of nitrogens with zero attached hydrogens (tertiary/aromatic N) is 3. The molecule has 0 bridgehead atoms. The molecule has 0 amide bonds. The molecule has 3 N–H and O–H groups in total. The number of nitrogens with one attached hydrogen (secondary N) is 1. The van der Waals surface area contributed by atoms with Crippen molar-refractivity contribution in [3.63, 3.8) is 0 Å². The van der Waals surface area contributed by atoms with E-state index >= 15 is 0 Å². The lowest BCUT2D eigenvalue weighted by Gasteiger charge is -2.29. The van der Waals surface area contributed by atoms with Crippen LogP contribution in [-0.4, -0.2) is 50.5 Å². The first-order chi connectivity index (χ1) is 13.8. The first-order valence-corrected chi connectivity index (χ1v) is 9.53. The van der Waals surface area contributed by atoms with Crippen LogP contribution in [0.5, 0.6) is 11.5 Å². The van der Waals surface area contributed by atoms with Gasteiger partial charge in [0.05, 0.1) is 33.0 Å². The van der Waals surface area contributed by atoms with Gasteiger partial charge in [0.1, 0.15) is 5.82 Å². The number of anilines is 2. The van der Waals surface area contributed by atoms with Crippen LogP contribution >= 0.6 is 24.0 Å². The fraction of sp³-hybridized carbons (Fsp3) is 0.400. The highest BCUT2D eigenvalue weighted by Crippen LogP contribution is 2.32. The van der Waals surface area contributed by atoms with Gasteiger partial charge in [-0.3, -0.25) is 0 Å². The Bertz CT molecular complexity index is 843. The topological polar surface area (TPSA) is 94.2 Å². The van der Waals surface area contributed by atoms with Crippen molar-refractivity contribution in [1.82, 2.24) is 4.98 Å². The molecule has 4 rings (SSSR count). The zero-order chi connectivity index (χ0) is 19.2. The second-order valence-corrected chi connectivity index (χ2v) is 6.62. The summed E-state index contributed by atoms with van der Waals surface area (Å²) in [6.45, 7) is 4.85. The number of rotatable bonds is 4. The standard InChI is InChI=1S/C20H25N5O3.HI/c21-20(24-16-4-5-17-18(13-16)28-10-2-9-27-17)23-14-15-3-1-6-22-19(15)25-7-11-26-12-8-25;/h1,3-6,13H,2,7-12,14H2,(H3,21,23,24);1H. The molecule has 2 aliphatic heterocycles. The van der Waals surface area contributed by atoms with E-state index in [9.17, 15) is 0 Å². The summed E-state index contributed by atoms with van der Waals surface area (Å²) in [5.41, 5.74) is 7.95. The molecule has 2 aliphatic rings. The van der Waals surface area contributed by atoms with Gasteiger partial charge in [-0.05, 0) is 18.2 Å². The summed E-state index contributed by atoms with van der Waals surface area (Å²) < 4.78 is 16.8. The zero-order valence-electron chi connectivity index (χ0n) is 16.2. The molecule has 0 spiro atoms. The highest BCUT2D eigenvalue weighted by Gasteiger charge is 2.16. The Labute approximate surface area is 187 Å². The van der Waals surface area contributed by atoms with Crippen molar-refractivity contribution in [1.29, 1.82) is 0 Å². The van der Waals surface area contributed by atoms with Gasteiger partial charge in [-0.15, -0.1) is 24.0 Å². The summed E-state index contributed by atoms with van der Waals surface area (Å²) in [5, 5.41) is 3.12. The van der Waals surface area contributed by atoms with Gasteiger partial charge in [-0.1, -0.05) is 6.07 Å². The van der Waals surface area contributed by atoms with Crippen molar-refractivity contribution in [3.8, 4) is 11.5 Å². The Morgan fingerprint density at radius 3 is 2.72 bits per heavy atom. The number of hydrogen-bond acceptors (Lipinski definition) is 6. The van der Waals surface area contributed by atoms with E-state index in [0.29, 0.717) is 38.9 Å². The first kappa shape index (κ1) is 21.4. The zero-order valence-corrected chi connectivity index (χ0v) is 18.5. The predicted molar refractivity (Wildman–Crippen MR) is 124 cm³/mol.